The lowest BCUT2D eigenvalue weighted by molar-refractivity contribution is -0.132. The van der Waals surface area contributed by atoms with Crippen LogP contribution in [0.2, 0.25) is 0 Å². The molecule has 1 amide bonds. The van der Waals surface area contributed by atoms with Gasteiger partial charge in [0.05, 0.1) is 24.3 Å². The van der Waals surface area contributed by atoms with Gasteiger partial charge < -0.3 is 9.84 Å². The maximum atomic E-state index is 14.0. The molecule has 1 aliphatic heterocycles. The predicted molar refractivity (Wildman–Crippen MR) is 120 cm³/mol. The molecule has 1 fully saturated rings. The van der Waals surface area contributed by atoms with E-state index in [1.54, 1.807) is 36.4 Å². The number of aliphatic hydroxyl groups is 1. The van der Waals surface area contributed by atoms with Crippen LogP contribution in [0.15, 0.2) is 66.2 Å². The first-order valence-electron chi connectivity index (χ1n) is 10.2. The molecule has 0 spiro atoms. The quantitative estimate of drug-likeness (QED) is 0.337. The zero-order chi connectivity index (χ0) is 23.9. The van der Waals surface area contributed by atoms with E-state index in [0.29, 0.717) is 11.3 Å². The third-order valence-electron chi connectivity index (χ3n) is 5.59. The number of halogens is 2. The Morgan fingerprint density at radius 2 is 1.67 bits per heavy atom. The van der Waals surface area contributed by atoms with Crippen LogP contribution < -0.4 is 9.64 Å². The lowest BCUT2D eigenvalue weighted by Gasteiger charge is -2.26. The summed E-state index contributed by atoms with van der Waals surface area (Å²) in [6.45, 7) is 3.66. The minimum absolute atomic E-state index is 0.00207. The molecule has 1 N–H and O–H groups in total. The molecule has 4 rings (SSSR count). The summed E-state index contributed by atoms with van der Waals surface area (Å²) in [6.07, 6.45) is 0. The Kier molecular flexibility index (Phi) is 5.72. The fraction of sp³-hybridized carbons (Fsp3) is 0.154. The Balaban J connectivity index is 2.00. The van der Waals surface area contributed by atoms with Crippen molar-refractivity contribution < 1.29 is 28.2 Å². The number of amides is 1. The number of Topliss-reactive ketones (excluding diaryl/α,β-unsaturated/α-hetero) is 1. The summed E-state index contributed by atoms with van der Waals surface area (Å²) in [7, 11) is 1.43. The molecule has 7 heteroatoms. The molecule has 1 heterocycles. The molecule has 0 radical (unpaired) electrons. The summed E-state index contributed by atoms with van der Waals surface area (Å²) >= 11 is 0. The normalized spacial score (nSPS) is 17.5. The van der Waals surface area contributed by atoms with Gasteiger partial charge in [-0.25, -0.2) is 8.78 Å². The van der Waals surface area contributed by atoms with Crippen molar-refractivity contribution in [2.45, 2.75) is 19.9 Å². The monoisotopic (exact) mass is 449 g/mol. The second-order valence-corrected chi connectivity index (χ2v) is 7.89. The van der Waals surface area contributed by atoms with Gasteiger partial charge in [-0.1, -0.05) is 41.5 Å². The van der Waals surface area contributed by atoms with E-state index < -0.39 is 35.1 Å². The van der Waals surface area contributed by atoms with Crippen molar-refractivity contribution in [3.63, 3.8) is 0 Å². The first kappa shape index (κ1) is 22.2. The third-order valence-corrected chi connectivity index (χ3v) is 5.59. The molecule has 168 valence electrons. The van der Waals surface area contributed by atoms with E-state index in [9.17, 15) is 23.5 Å². The summed E-state index contributed by atoms with van der Waals surface area (Å²) in [4.78, 5) is 27.4. The number of hydrogen-bond acceptors (Lipinski definition) is 4. The van der Waals surface area contributed by atoms with Gasteiger partial charge in [-0.05, 0) is 43.7 Å². The zero-order valence-electron chi connectivity index (χ0n) is 18.2. The maximum absolute atomic E-state index is 14.0. The highest BCUT2D eigenvalue weighted by Crippen LogP contribution is 2.43. The molecule has 1 saturated heterocycles. The number of carbonyl (C=O) groups is 2. The Morgan fingerprint density at radius 3 is 2.33 bits per heavy atom. The van der Waals surface area contributed by atoms with Gasteiger partial charge in [-0.15, -0.1) is 0 Å². The molecular weight excluding hydrogens is 428 g/mol. The van der Waals surface area contributed by atoms with Gasteiger partial charge in [0.1, 0.15) is 11.5 Å². The third kappa shape index (κ3) is 3.86. The average molecular weight is 449 g/mol. The van der Waals surface area contributed by atoms with Gasteiger partial charge in [0.25, 0.3) is 11.7 Å². The van der Waals surface area contributed by atoms with Gasteiger partial charge in [-0.3, -0.25) is 14.5 Å². The number of anilines is 1. The van der Waals surface area contributed by atoms with Crippen LogP contribution in [0.5, 0.6) is 5.75 Å². The molecule has 3 aromatic rings. The molecule has 33 heavy (non-hydrogen) atoms. The standard InChI is InChI=1S/C26H21F2NO4/c1-14-5-4-6-16(11-14)23-22(24(30)18-12-15(2)7-10-21(18)33-3)25(31)26(32)29(23)17-8-9-19(27)20(28)13-17/h4-13,23,30H,1-3H3/b24-22+. The molecule has 0 saturated carbocycles. The molecule has 1 aliphatic rings. The summed E-state index contributed by atoms with van der Waals surface area (Å²) in [6, 6.07) is 14.1. The second-order valence-electron chi connectivity index (χ2n) is 7.89. The van der Waals surface area contributed by atoms with Crippen molar-refractivity contribution in [3.05, 3.63) is 100 Å². The molecule has 5 nitrogen and oxygen atoms in total. The van der Waals surface area contributed by atoms with Crippen molar-refractivity contribution >= 4 is 23.1 Å². The fourth-order valence-electron chi connectivity index (χ4n) is 4.04. The van der Waals surface area contributed by atoms with E-state index in [1.807, 2.05) is 19.9 Å². The van der Waals surface area contributed by atoms with Gasteiger partial charge in [0, 0.05) is 11.8 Å². The highest BCUT2D eigenvalue weighted by molar-refractivity contribution is 6.51. The minimum Gasteiger partial charge on any atom is -0.507 e. The molecular formula is C26H21F2NO4. The smallest absolute Gasteiger partial charge is 0.300 e. The van der Waals surface area contributed by atoms with Gasteiger partial charge in [0.15, 0.2) is 11.6 Å². The number of aliphatic hydroxyl groups excluding tert-OH is 1. The van der Waals surface area contributed by atoms with Crippen molar-refractivity contribution in [2.24, 2.45) is 0 Å². The molecule has 1 unspecified atom stereocenters. The van der Waals surface area contributed by atoms with E-state index >= 15 is 0 Å². The molecule has 3 aromatic carbocycles. The van der Waals surface area contributed by atoms with Gasteiger partial charge >= 0.3 is 0 Å². The van der Waals surface area contributed by atoms with E-state index in [2.05, 4.69) is 0 Å². The van der Waals surface area contributed by atoms with E-state index in [1.165, 1.54) is 13.2 Å². The Bertz CT molecular complexity index is 1320. The fourth-order valence-corrected chi connectivity index (χ4v) is 4.04. The maximum Gasteiger partial charge on any atom is 0.300 e. The minimum atomic E-state index is -1.15. The number of hydrogen-bond donors (Lipinski definition) is 1. The highest BCUT2D eigenvalue weighted by atomic mass is 19.2. The van der Waals surface area contributed by atoms with Crippen LogP contribution in [0.4, 0.5) is 14.5 Å². The van der Waals surface area contributed by atoms with Gasteiger partial charge in [0.2, 0.25) is 0 Å². The van der Waals surface area contributed by atoms with Gasteiger partial charge in [-0.2, -0.15) is 0 Å². The Morgan fingerprint density at radius 1 is 0.939 bits per heavy atom. The molecule has 0 bridgehead atoms. The first-order valence-corrected chi connectivity index (χ1v) is 10.2. The first-order chi connectivity index (χ1) is 15.7. The zero-order valence-corrected chi connectivity index (χ0v) is 18.2. The number of ketones is 1. The number of carbonyl (C=O) groups excluding carboxylic acids is 2. The Hall–Kier alpha value is -4.00. The summed E-state index contributed by atoms with van der Waals surface area (Å²) < 4.78 is 33.0. The summed E-state index contributed by atoms with van der Waals surface area (Å²) in [5, 5.41) is 11.3. The van der Waals surface area contributed by atoms with Crippen molar-refractivity contribution in [1.82, 2.24) is 0 Å². The lowest BCUT2D eigenvalue weighted by atomic mass is 9.93. The van der Waals surface area contributed by atoms with Crippen LogP contribution in [0, 0.1) is 25.5 Å². The second kappa shape index (κ2) is 8.50. The number of benzene rings is 3. The largest absolute Gasteiger partial charge is 0.507 e. The van der Waals surface area contributed by atoms with Crippen molar-refractivity contribution in [1.29, 1.82) is 0 Å². The Labute approximate surface area is 189 Å². The lowest BCUT2D eigenvalue weighted by Crippen LogP contribution is -2.29. The molecule has 0 aliphatic carbocycles. The number of aryl methyl sites for hydroxylation is 2. The van der Waals surface area contributed by atoms with E-state index in [-0.39, 0.29) is 16.8 Å². The topological polar surface area (TPSA) is 66.8 Å². The highest BCUT2D eigenvalue weighted by Gasteiger charge is 2.47. The number of nitrogens with zero attached hydrogens (tertiary/aromatic N) is 1. The van der Waals surface area contributed by atoms with E-state index in [0.717, 1.165) is 28.2 Å². The van der Waals surface area contributed by atoms with Crippen LogP contribution in [-0.2, 0) is 9.59 Å². The number of rotatable bonds is 4. The molecule has 0 aromatic heterocycles. The van der Waals surface area contributed by atoms with Crippen molar-refractivity contribution in [3.8, 4) is 5.75 Å². The summed E-state index contributed by atoms with van der Waals surface area (Å²) in [5.74, 6) is -4.22. The molecule has 1 atom stereocenters. The number of ether oxygens (including phenoxy) is 1. The predicted octanol–water partition coefficient (Wildman–Crippen LogP) is 5.22. The number of methoxy groups -OCH3 is 1. The SMILES string of the molecule is COc1ccc(C)cc1/C(O)=C1\C(=O)C(=O)N(c2ccc(F)c(F)c2)C1c1cccc(C)c1. The van der Waals surface area contributed by atoms with Crippen LogP contribution in [0.1, 0.15) is 28.3 Å². The van der Waals surface area contributed by atoms with Crippen LogP contribution in [0.25, 0.3) is 5.76 Å². The van der Waals surface area contributed by atoms with Crippen LogP contribution in [0.3, 0.4) is 0 Å². The summed E-state index contributed by atoms with van der Waals surface area (Å²) in [5.41, 5.74) is 2.28. The van der Waals surface area contributed by atoms with Crippen LogP contribution in [-0.4, -0.2) is 23.9 Å². The van der Waals surface area contributed by atoms with Crippen molar-refractivity contribution in [2.75, 3.05) is 12.0 Å². The average Bonchev–Trinajstić information content (AvgIpc) is 3.06. The van der Waals surface area contributed by atoms with E-state index in [4.69, 9.17) is 4.74 Å². The van der Waals surface area contributed by atoms with Crippen LogP contribution >= 0.6 is 0 Å².